The fourth-order valence-corrected chi connectivity index (χ4v) is 0. The molecular weight excluding hydrogens is 65.0 g/mol. The maximum atomic E-state index is 7.57. The molecule has 0 bridgehead atoms. The lowest BCUT2D eigenvalue weighted by atomic mass is 10.8. The molecule has 5 radical (unpaired) electrons. The molecule has 0 aliphatic carbocycles. The van der Waals surface area contributed by atoms with Crippen molar-refractivity contribution in [3.63, 3.8) is 0 Å². The lowest BCUT2D eigenvalue weighted by Crippen LogP contribution is -1.63. The third kappa shape index (κ3) is 22.9. The van der Waals surface area contributed by atoms with E-state index in [1.165, 1.54) is 0 Å². The van der Waals surface area contributed by atoms with Crippen molar-refractivity contribution in [2.24, 2.45) is 0 Å². The first-order valence-electron chi connectivity index (χ1n) is 1.02. The highest BCUT2D eigenvalue weighted by atomic mass is 27.0. The Hall–Kier alpha value is 0.492. The van der Waals surface area contributed by atoms with Crippen molar-refractivity contribution in [2.45, 2.75) is 6.92 Å². The quantitative estimate of drug-likeness (QED) is 0.358. The van der Waals surface area contributed by atoms with Gasteiger partial charge < -0.3 is 0 Å². The Morgan fingerprint density at radius 2 is 2.00 bits per heavy atom. The minimum atomic E-state index is 0. The minimum Gasteiger partial charge on any atom is -0.145 e. The summed E-state index contributed by atoms with van der Waals surface area (Å²) < 4.78 is 0. The molecule has 2 heteroatoms. The van der Waals surface area contributed by atoms with Gasteiger partial charge >= 0.3 is 0 Å². The van der Waals surface area contributed by atoms with Crippen molar-refractivity contribution in [1.29, 1.82) is 0 Å². The zero-order chi connectivity index (χ0) is 2.71. The topological polar surface area (TPSA) is 22.3 Å². The minimum absolute atomic E-state index is 0. The third-order valence-corrected chi connectivity index (χ3v) is 0. The molecule has 0 rings (SSSR count). The van der Waals surface area contributed by atoms with Crippen LogP contribution in [-0.4, -0.2) is 23.9 Å². The molecule has 0 atom stereocenters. The second-order valence-electron chi connectivity index (χ2n) is 0.316. The molecule has 0 saturated heterocycles. The second-order valence-corrected chi connectivity index (χ2v) is 0.316. The van der Waals surface area contributed by atoms with E-state index in [-0.39, 0.29) is 25.3 Å². The maximum absolute atomic E-state index is 7.57. The van der Waals surface area contributed by atoms with Crippen LogP contribution in [0.4, 0.5) is 0 Å². The first-order valence-corrected chi connectivity index (χ1v) is 1.02. The molecule has 0 saturated carbocycles. The molecule has 1 nitrogen and oxygen atoms in total. The van der Waals surface area contributed by atoms with Gasteiger partial charge in [0.15, 0.2) is 0 Å². The Morgan fingerprint density at radius 3 is 2.00 bits per heavy atom. The summed E-state index contributed by atoms with van der Waals surface area (Å²) in [5.41, 5.74) is 7.57. The van der Waals surface area contributed by atoms with Gasteiger partial charge in [-0.05, 0) is 6.92 Å². The largest absolute Gasteiger partial charge is 0.145 e. The predicted molar refractivity (Wildman–Crippen MR) is 20.5 cm³/mol. The molecule has 0 aromatic heterocycles. The summed E-state index contributed by atoms with van der Waals surface area (Å²) >= 11 is 0. The third-order valence-electron chi connectivity index (χ3n) is 0. The molecule has 23 valence electrons. The summed E-state index contributed by atoms with van der Waals surface area (Å²) in [4.78, 5) is 0. The van der Waals surface area contributed by atoms with Gasteiger partial charge in [0.1, 0.15) is 0 Å². The van der Waals surface area contributed by atoms with E-state index >= 15 is 0 Å². The highest BCUT2D eigenvalue weighted by Crippen LogP contribution is 1.26. The SMILES string of the molecule is CC[N].[Al].[HH]. The molecule has 0 aliphatic heterocycles. The van der Waals surface area contributed by atoms with Gasteiger partial charge in [-0.1, -0.05) is 0 Å². The van der Waals surface area contributed by atoms with E-state index in [0.29, 0.717) is 0 Å². The summed E-state index contributed by atoms with van der Waals surface area (Å²) in [6.45, 7) is 1.93. The van der Waals surface area contributed by atoms with Crippen LogP contribution >= 0.6 is 0 Å². The number of rotatable bonds is 0. The van der Waals surface area contributed by atoms with Crippen molar-refractivity contribution >= 4 is 17.4 Å². The van der Waals surface area contributed by atoms with Crippen LogP contribution in [-0.2, 0) is 0 Å². The Balaban J connectivity index is -0.0000000200. The van der Waals surface area contributed by atoms with E-state index in [1.807, 2.05) is 0 Å². The summed E-state index contributed by atoms with van der Waals surface area (Å²) in [7, 11) is 0. The fourth-order valence-electron chi connectivity index (χ4n) is 0. The Morgan fingerprint density at radius 1 is 2.00 bits per heavy atom. The van der Waals surface area contributed by atoms with Crippen molar-refractivity contribution in [1.82, 2.24) is 5.73 Å². The van der Waals surface area contributed by atoms with Crippen LogP contribution in [0.3, 0.4) is 0 Å². The fraction of sp³-hybridized carbons (Fsp3) is 1.00. The maximum Gasteiger partial charge on any atom is 0.0293 e. The van der Waals surface area contributed by atoms with Crippen LogP contribution in [0.25, 0.3) is 0 Å². The van der Waals surface area contributed by atoms with E-state index in [1.54, 1.807) is 6.92 Å². The van der Waals surface area contributed by atoms with E-state index in [2.05, 4.69) is 0 Å². The van der Waals surface area contributed by atoms with Crippen LogP contribution in [0, 0.1) is 0 Å². The molecule has 0 aromatic carbocycles. The Kier molecular flexibility index (Phi) is 21.5. The van der Waals surface area contributed by atoms with Gasteiger partial charge in [0.2, 0.25) is 0 Å². The molecular formula is C2H7AlN. The lowest BCUT2D eigenvalue weighted by Gasteiger charge is -1.45. The van der Waals surface area contributed by atoms with Crippen LogP contribution in [0.2, 0.25) is 0 Å². The van der Waals surface area contributed by atoms with Gasteiger partial charge in [0, 0.05) is 25.3 Å². The highest BCUT2D eigenvalue weighted by molar-refractivity contribution is 5.75. The van der Waals surface area contributed by atoms with Gasteiger partial charge in [0.05, 0.1) is 0 Å². The van der Waals surface area contributed by atoms with Gasteiger partial charge in [-0.25, -0.2) is 0 Å². The molecule has 0 heterocycles. The monoisotopic (exact) mass is 72.0 g/mol. The average Bonchev–Trinajstić information content (AvgIpc) is 0.918. The van der Waals surface area contributed by atoms with Gasteiger partial charge in [-0.2, -0.15) is 0 Å². The van der Waals surface area contributed by atoms with Crippen LogP contribution in [0.15, 0.2) is 0 Å². The van der Waals surface area contributed by atoms with E-state index in [4.69, 9.17) is 5.73 Å². The Labute approximate surface area is 38.8 Å². The summed E-state index contributed by atoms with van der Waals surface area (Å²) in [6, 6.07) is 0. The van der Waals surface area contributed by atoms with Crippen molar-refractivity contribution in [3.8, 4) is 0 Å². The first kappa shape index (κ1) is 8.82. The predicted octanol–water partition coefficient (Wildman–Crippen LogP) is -0.0598. The summed E-state index contributed by atoms with van der Waals surface area (Å²) in [6.07, 6.45) is 0. The lowest BCUT2D eigenvalue weighted by molar-refractivity contribution is 1.09. The molecule has 0 aliphatic rings. The van der Waals surface area contributed by atoms with Gasteiger partial charge in [-0.15, -0.1) is 5.73 Å². The van der Waals surface area contributed by atoms with Crippen molar-refractivity contribution < 1.29 is 1.43 Å². The van der Waals surface area contributed by atoms with Crippen LogP contribution < -0.4 is 5.73 Å². The standard InChI is InChI=1S/C2H5N.Al.H2/c1-2-3;;/h2H2,1H3;;1H. The molecule has 0 unspecified atom stereocenters. The second kappa shape index (κ2) is 9.74. The molecule has 4 heavy (non-hydrogen) atoms. The van der Waals surface area contributed by atoms with E-state index in [9.17, 15) is 0 Å². The summed E-state index contributed by atoms with van der Waals surface area (Å²) in [5.74, 6) is 0. The van der Waals surface area contributed by atoms with E-state index < -0.39 is 0 Å². The molecule has 0 N–H and O–H groups in total. The first-order chi connectivity index (χ1) is 1.41. The smallest absolute Gasteiger partial charge is 0.0293 e. The zero-order valence-corrected chi connectivity index (χ0v) is 3.89. The molecule has 0 amide bonds. The molecule has 0 aromatic rings. The Bertz CT molecular complexity index is 9.61. The number of hydrogen-bond donors (Lipinski definition) is 0. The van der Waals surface area contributed by atoms with Crippen molar-refractivity contribution in [3.05, 3.63) is 0 Å². The summed E-state index contributed by atoms with van der Waals surface area (Å²) in [5, 5.41) is 0. The zero-order valence-electron chi connectivity index (χ0n) is 2.73. The highest BCUT2D eigenvalue weighted by Gasteiger charge is 1.38. The molecule has 0 spiro atoms. The average molecular weight is 72.1 g/mol. The van der Waals surface area contributed by atoms with Crippen molar-refractivity contribution in [2.75, 3.05) is 6.54 Å². The van der Waals surface area contributed by atoms with Gasteiger partial charge in [-0.3, -0.25) is 0 Å². The number of hydrogen-bond acceptors (Lipinski definition) is 0. The van der Waals surface area contributed by atoms with Gasteiger partial charge in [0.25, 0.3) is 0 Å². The molecule has 0 fully saturated rings. The van der Waals surface area contributed by atoms with E-state index in [0.717, 1.165) is 0 Å². The number of nitrogens with zero attached hydrogens (tertiary/aromatic N) is 1. The van der Waals surface area contributed by atoms with Crippen LogP contribution in [0.1, 0.15) is 8.35 Å². The van der Waals surface area contributed by atoms with Crippen LogP contribution in [0.5, 0.6) is 0 Å². The normalized spacial score (nSPS) is 4.50.